The molecule has 144 valence electrons. The summed E-state index contributed by atoms with van der Waals surface area (Å²) in [6.45, 7) is 4.76. The Balaban J connectivity index is 1.13. The fourth-order valence-corrected chi connectivity index (χ4v) is 5.59. The predicted molar refractivity (Wildman–Crippen MR) is 104 cm³/mol. The maximum absolute atomic E-state index is 12.5. The molecule has 0 bridgehead atoms. The first-order valence-electron chi connectivity index (χ1n) is 10.3. The molecule has 2 saturated carbocycles. The van der Waals surface area contributed by atoms with Gasteiger partial charge in [-0.05, 0) is 69.6 Å². The van der Waals surface area contributed by atoms with Crippen LogP contribution in [0.5, 0.6) is 0 Å². The molecule has 1 N–H and O–H groups in total. The Hall–Kier alpha value is -1.88. The molecule has 2 aromatic rings. The molecule has 27 heavy (non-hydrogen) atoms. The molecule has 5 nitrogen and oxygen atoms in total. The van der Waals surface area contributed by atoms with Gasteiger partial charge in [0.25, 0.3) is 0 Å². The van der Waals surface area contributed by atoms with Gasteiger partial charge in [0.1, 0.15) is 5.65 Å². The summed E-state index contributed by atoms with van der Waals surface area (Å²) in [4.78, 5) is 19.1. The smallest absolute Gasteiger partial charge is 0.225 e. The number of hydrogen-bond donors (Lipinski definition) is 1. The molecular weight excluding hydrogens is 338 g/mol. The summed E-state index contributed by atoms with van der Waals surface area (Å²) in [6.07, 6.45) is 10.3. The number of pyridine rings is 1. The van der Waals surface area contributed by atoms with Crippen molar-refractivity contribution >= 4 is 16.9 Å². The van der Waals surface area contributed by atoms with Crippen LogP contribution in [0.25, 0.3) is 11.0 Å². The van der Waals surface area contributed by atoms with Crippen molar-refractivity contribution < 1.29 is 9.90 Å². The Bertz CT molecular complexity index is 847. The van der Waals surface area contributed by atoms with Gasteiger partial charge in [-0.3, -0.25) is 4.79 Å². The zero-order valence-corrected chi connectivity index (χ0v) is 16.1. The van der Waals surface area contributed by atoms with Gasteiger partial charge in [0.15, 0.2) is 0 Å². The van der Waals surface area contributed by atoms with Crippen LogP contribution in [0.2, 0.25) is 0 Å². The zero-order valence-electron chi connectivity index (χ0n) is 16.1. The fraction of sp³-hybridized carbons (Fsp3) is 0.636. The Kier molecular flexibility index (Phi) is 3.87. The molecular formula is C22H29N3O2. The lowest BCUT2D eigenvalue weighted by atomic mass is 9.64. The van der Waals surface area contributed by atoms with Crippen LogP contribution in [0.4, 0.5) is 0 Å². The van der Waals surface area contributed by atoms with Crippen molar-refractivity contribution in [2.75, 3.05) is 13.1 Å². The highest BCUT2D eigenvalue weighted by atomic mass is 16.3. The summed E-state index contributed by atoms with van der Waals surface area (Å²) in [5, 5.41) is 11.1. The average Bonchev–Trinajstić information content (AvgIpc) is 3.01. The molecule has 3 fully saturated rings. The second kappa shape index (κ2) is 6.06. The molecule has 2 aromatic heterocycles. The number of likely N-dealkylation sites (tertiary alicyclic amines) is 1. The normalized spacial score (nSPS) is 30.3. The molecule has 3 heterocycles. The topological polar surface area (TPSA) is 58.4 Å². The highest BCUT2D eigenvalue weighted by Crippen LogP contribution is 2.48. The minimum absolute atomic E-state index is 0.0585. The molecule has 1 saturated heterocycles. The van der Waals surface area contributed by atoms with Crippen molar-refractivity contribution in [1.29, 1.82) is 0 Å². The van der Waals surface area contributed by atoms with Crippen molar-refractivity contribution in [2.24, 2.45) is 17.3 Å². The number of hydrogen-bond acceptors (Lipinski definition) is 3. The number of amides is 1. The molecule has 0 unspecified atom stereocenters. The molecule has 1 spiro atoms. The number of rotatable bonds is 3. The third kappa shape index (κ3) is 3.06. The Morgan fingerprint density at radius 2 is 2.00 bits per heavy atom. The molecule has 5 rings (SSSR count). The van der Waals surface area contributed by atoms with Crippen LogP contribution in [0, 0.1) is 17.3 Å². The second-order valence-corrected chi connectivity index (χ2v) is 9.62. The number of aliphatic hydroxyl groups is 1. The number of aromatic nitrogens is 2. The molecule has 0 radical (unpaired) electrons. The van der Waals surface area contributed by atoms with Gasteiger partial charge in [-0.2, -0.15) is 0 Å². The van der Waals surface area contributed by atoms with E-state index in [9.17, 15) is 9.90 Å². The van der Waals surface area contributed by atoms with E-state index in [1.165, 1.54) is 31.1 Å². The highest BCUT2D eigenvalue weighted by molar-refractivity contribution is 5.81. The van der Waals surface area contributed by atoms with Crippen LogP contribution < -0.4 is 0 Å². The SMILES string of the molecule is C[C@]1(O)C[C@@H](C(=O)N2CC3(CCC(Cn4ccc5cccnc54)CC3)C2)C1. The van der Waals surface area contributed by atoms with Gasteiger partial charge in [-0.1, -0.05) is 0 Å². The average molecular weight is 367 g/mol. The number of fused-ring (bicyclic) bond motifs is 1. The summed E-state index contributed by atoms with van der Waals surface area (Å²) < 4.78 is 2.30. The van der Waals surface area contributed by atoms with Crippen molar-refractivity contribution in [3.63, 3.8) is 0 Å². The largest absolute Gasteiger partial charge is 0.390 e. The predicted octanol–water partition coefficient (Wildman–Crippen LogP) is 3.22. The van der Waals surface area contributed by atoms with Gasteiger partial charge in [0.05, 0.1) is 5.60 Å². The van der Waals surface area contributed by atoms with Crippen LogP contribution in [0.3, 0.4) is 0 Å². The van der Waals surface area contributed by atoms with Crippen molar-refractivity contribution in [3.8, 4) is 0 Å². The number of nitrogens with zero attached hydrogens (tertiary/aromatic N) is 3. The zero-order chi connectivity index (χ0) is 18.6. The first kappa shape index (κ1) is 17.2. The fourth-order valence-electron chi connectivity index (χ4n) is 5.59. The molecule has 1 aliphatic heterocycles. The first-order chi connectivity index (χ1) is 12.9. The van der Waals surface area contributed by atoms with Crippen LogP contribution in [-0.4, -0.2) is 44.2 Å². The lowest BCUT2D eigenvalue weighted by Crippen LogP contribution is -2.62. The first-order valence-corrected chi connectivity index (χ1v) is 10.3. The van der Waals surface area contributed by atoms with E-state index in [2.05, 4.69) is 27.9 Å². The van der Waals surface area contributed by atoms with Gasteiger partial charge in [-0.15, -0.1) is 0 Å². The third-order valence-corrected chi connectivity index (χ3v) is 7.23. The lowest BCUT2D eigenvalue weighted by Gasteiger charge is -2.55. The van der Waals surface area contributed by atoms with E-state index < -0.39 is 5.60 Å². The van der Waals surface area contributed by atoms with E-state index in [1.54, 1.807) is 0 Å². The van der Waals surface area contributed by atoms with E-state index in [1.807, 2.05) is 24.1 Å². The van der Waals surface area contributed by atoms with Crippen molar-refractivity contribution in [2.45, 2.75) is 57.6 Å². The lowest BCUT2D eigenvalue weighted by molar-refractivity contribution is -0.164. The van der Waals surface area contributed by atoms with E-state index in [0.29, 0.717) is 24.2 Å². The Morgan fingerprint density at radius 3 is 2.70 bits per heavy atom. The van der Waals surface area contributed by atoms with Crippen LogP contribution in [0.15, 0.2) is 30.6 Å². The van der Waals surface area contributed by atoms with E-state index in [-0.39, 0.29) is 11.8 Å². The van der Waals surface area contributed by atoms with Crippen molar-refractivity contribution in [1.82, 2.24) is 14.5 Å². The molecule has 0 aromatic carbocycles. The molecule has 3 aliphatic rings. The van der Waals surface area contributed by atoms with Crippen LogP contribution in [-0.2, 0) is 11.3 Å². The minimum Gasteiger partial charge on any atom is -0.390 e. The minimum atomic E-state index is -0.613. The number of carbonyl (C=O) groups excluding carboxylic acids is 1. The quantitative estimate of drug-likeness (QED) is 0.906. The highest BCUT2D eigenvalue weighted by Gasteiger charge is 2.51. The second-order valence-electron chi connectivity index (χ2n) is 9.62. The van der Waals surface area contributed by atoms with Gasteiger partial charge in [-0.25, -0.2) is 4.98 Å². The molecule has 5 heteroatoms. The third-order valence-electron chi connectivity index (χ3n) is 7.23. The maximum atomic E-state index is 12.5. The van der Waals surface area contributed by atoms with Gasteiger partial charge in [0, 0.05) is 48.7 Å². The summed E-state index contributed by atoms with van der Waals surface area (Å²) in [5.74, 6) is 1.04. The Morgan fingerprint density at radius 1 is 1.26 bits per heavy atom. The van der Waals surface area contributed by atoms with Gasteiger partial charge in [0.2, 0.25) is 5.91 Å². The van der Waals surface area contributed by atoms with Crippen LogP contribution >= 0.6 is 0 Å². The number of carbonyl (C=O) groups is 1. The summed E-state index contributed by atoms with van der Waals surface area (Å²) in [6, 6.07) is 6.27. The summed E-state index contributed by atoms with van der Waals surface area (Å²) >= 11 is 0. The van der Waals surface area contributed by atoms with Crippen LogP contribution in [0.1, 0.15) is 45.4 Å². The van der Waals surface area contributed by atoms with Gasteiger partial charge < -0.3 is 14.6 Å². The molecule has 0 atom stereocenters. The molecule has 1 amide bonds. The summed E-state index contributed by atoms with van der Waals surface area (Å²) in [5.41, 5.74) is 0.850. The standard InChI is InChI=1S/C22H29N3O2/c1-21(27)11-18(12-21)20(26)25-14-22(15-25)7-4-16(5-8-22)13-24-10-6-17-3-2-9-23-19(17)24/h2-3,6,9-10,16,18,27H,4-5,7-8,11-15H2,1H3/t18-,21+. The Labute approximate surface area is 160 Å². The van der Waals surface area contributed by atoms with E-state index >= 15 is 0 Å². The summed E-state index contributed by atoms with van der Waals surface area (Å²) in [7, 11) is 0. The van der Waals surface area contributed by atoms with E-state index in [4.69, 9.17) is 0 Å². The maximum Gasteiger partial charge on any atom is 0.225 e. The van der Waals surface area contributed by atoms with Gasteiger partial charge >= 0.3 is 0 Å². The molecule has 2 aliphatic carbocycles. The van der Waals surface area contributed by atoms with Crippen molar-refractivity contribution in [3.05, 3.63) is 30.6 Å². The van der Waals surface area contributed by atoms with E-state index in [0.717, 1.165) is 25.3 Å². The monoisotopic (exact) mass is 367 g/mol.